The number of rotatable bonds is 2. The normalized spacial score (nSPS) is 23.9. The van der Waals surface area contributed by atoms with Gasteiger partial charge in [-0.25, -0.2) is 9.18 Å². The van der Waals surface area contributed by atoms with Gasteiger partial charge in [0.2, 0.25) is 0 Å². The van der Waals surface area contributed by atoms with Gasteiger partial charge in [-0.1, -0.05) is 12.1 Å². The number of urea groups is 1. The molecule has 1 saturated carbocycles. The molecule has 1 spiro atoms. The number of anilines is 1. The molecule has 1 aliphatic heterocycles. The van der Waals surface area contributed by atoms with E-state index in [1.54, 1.807) is 6.07 Å². The fourth-order valence-electron chi connectivity index (χ4n) is 4.71. The molecule has 2 amide bonds. The number of nitrogens with one attached hydrogen (secondary N) is 2. The van der Waals surface area contributed by atoms with Crippen molar-refractivity contribution in [1.29, 1.82) is 0 Å². The van der Waals surface area contributed by atoms with Crippen LogP contribution in [0.5, 0.6) is 5.75 Å². The minimum atomic E-state index is -0.398. The van der Waals surface area contributed by atoms with Gasteiger partial charge in [-0.3, -0.25) is 0 Å². The third-order valence-corrected chi connectivity index (χ3v) is 6.24. The summed E-state index contributed by atoms with van der Waals surface area (Å²) in [5.41, 5.74) is 3.20. The molecule has 3 aliphatic rings. The zero-order valence-electron chi connectivity index (χ0n) is 15.5. The van der Waals surface area contributed by atoms with E-state index in [0.717, 1.165) is 36.1 Å². The molecular formula is C22H23FN2O3. The molecule has 0 radical (unpaired) electrons. The number of carbonyl (C=O) groups excluding carboxylic acids is 1. The summed E-state index contributed by atoms with van der Waals surface area (Å²) in [7, 11) is 0. The van der Waals surface area contributed by atoms with Crippen molar-refractivity contribution in [3.8, 4) is 5.75 Å². The summed E-state index contributed by atoms with van der Waals surface area (Å²) in [5, 5.41) is 15.9. The van der Waals surface area contributed by atoms with E-state index >= 15 is 0 Å². The fraction of sp³-hybridized carbons (Fsp3) is 0.409. The molecule has 2 aliphatic carbocycles. The van der Waals surface area contributed by atoms with Crippen molar-refractivity contribution in [2.24, 2.45) is 0 Å². The van der Waals surface area contributed by atoms with Gasteiger partial charge < -0.3 is 20.5 Å². The zero-order valence-corrected chi connectivity index (χ0v) is 15.5. The minimum absolute atomic E-state index is 0.249. The lowest BCUT2D eigenvalue weighted by atomic mass is 9.73. The van der Waals surface area contributed by atoms with Gasteiger partial charge in [0.05, 0.1) is 12.1 Å². The van der Waals surface area contributed by atoms with Gasteiger partial charge in [-0.15, -0.1) is 0 Å². The number of halogens is 1. The van der Waals surface area contributed by atoms with Crippen molar-refractivity contribution < 1.29 is 19.0 Å². The average molecular weight is 382 g/mol. The number of benzene rings is 2. The summed E-state index contributed by atoms with van der Waals surface area (Å²) in [4.78, 5) is 12.8. The van der Waals surface area contributed by atoms with Crippen LogP contribution in [-0.4, -0.2) is 22.8 Å². The molecule has 3 N–H and O–H groups in total. The monoisotopic (exact) mass is 382 g/mol. The largest absolute Gasteiger partial charge is 0.487 e. The molecule has 28 heavy (non-hydrogen) atoms. The van der Waals surface area contributed by atoms with E-state index in [1.807, 2.05) is 18.2 Å². The Balaban J connectivity index is 1.37. The van der Waals surface area contributed by atoms with Gasteiger partial charge in [0.25, 0.3) is 0 Å². The Morgan fingerprint density at radius 2 is 2.07 bits per heavy atom. The maximum Gasteiger partial charge on any atom is 0.319 e. The highest BCUT2D eigenvalue weighted by molar-refractivity contribution is 5.90. The van der Waals surface area contributed by atoms with E-state index in [0.29, 0.717) is 30.6 Å². The molecule has 0 saturated heterocycles. The van der Waals surface area contributed by atoms with E-state index in [4.69, 9.17) is 4.74 Å². The van der Waals surface area contributed by atoms with Crippen LogP contribution in [0.25, 0.3) is 0 Å². The Hall–Kier alpha value is -2.60. The first-order valence-corrected chi connectivity index (χ1v) is 9.86. The zero-order chi connectivity index (χ0) is 19.3. The molecule has 0 unspecified atom stereocenters. The number of aliphatic hydroxyl groups excluding tert-OH is 1. The van der Waals surface area contributed by atoms with Crippen LogP contribution in [0, 0.1) is 5.82 Å². The molecule has 6 heteroatoms. The number of fused-ring (bicyclic) bond motifs is 2. The van der Waals surface area contributed by atoms with E-state index in [9.17, 15) is 14.3 Å². The smallest absolute Gasteiger partial charge is 0.319 e. The number of hydrogen-bond donors (Lipinski definition) is 3. The summed E-state index contributed by atoms with van der Waals surface area (Å²) in [6.07, 6.45) is 4.41. The van der Waals surface area contributed by atoms with Gasteiger partial charge in [-0.2, -0.15) is 0 Å². The lowest BCUT2D eigenvalue weighted by Gasteiger charge is -2.48. The van der Waals surface area contributed by atoms with Crippen molar-refractivity contribution >= 4 is 11.7 Å². The summed E-state index contributed by atoms with van der Waals surface area (Å²) in [6, 6.07) is 9.58. The van der Waals surface area contributed by atoms with Crippen LogP contribution in [0.2, 0.25) is 0 Å². The van der Waals surface area contributed by atoms with Gasteiger partial charge in [0, 0.05) is 24.1 Å². The molecule has 0 bridgehead atoms. The van der Waals surface area contributed by atoms with Crippen molar-refractivity contribution in [2.75, 3.05) is 5.32 Å². The van der Waals surface area contributed by atoms with Crippen LogP contribution in [0.4, 0.5) is 14.9 Å². The Morgan fingerprint density at radius 3 is 2.86 bits per heavy atom. The first-order chi connectivity index (χ1) is 13.5. The van der Waals surface area contributed by atoms with Crippen molar-refractivity contribution in [3.05, 3.63) is 58.9 Å². The second kappa shape index (κ2) is 6.48. The highest BCUT2D eigenvalue weighted by Crippen LogP contribution is 2.49. The van der Waals surface area contributed by atoms with E-state index < -0.39 is 6.10 Å². The molecule has 5 rings (SSSR count). The van der Waals surface area contributed by atoms with E-state index in [1.165, 1.54) is 12.1 Å². The summed E-state index contributed by atoms with van der Waals surface area (Å²) in [5.74, 6) is 0.315. The molecule has 5 nitrogen and oxygen atoms in total. The molecule has 1 heterocycles. The predicted octanol–water partition coefficient (Wildman–Crippen LogP) is 3.85. The van der Waals surface area contributed by atoms with Crippen LogP contribution >= 0.6 is 0 Å². The van der Waals surface area contributed by atoms with Crippen molar-refractivity contribution in [2.45, 2.75) is 56.3 Å². The third kappa shape index (κ3) is 3.02. The second-order valence-corrected chi connectivity index (χ2v) is 8.18. The standard InChI is InChI=1S/C22H23FN2O3/c23-14-5-6-20-17(10-14)19(12-22(28-20)7-2-8-22)25-21(27)24-18-4-1-3-13-9-15(26)11-16(13)18/h1,3-6,10,15,19,26H,2,7-9,11-12H2,(H2,24,25,27)/t15-,19-/m0/s1. The molecular weight excluding hydrogens is 359 g/mol. The van der Waals surface area contributed by atoms with Crippen LogP contribution in [0.1, 0.15) is 48.4 Å². The number of amides is 2. The van der Waals surface area contributed by atoms with Crippen LogP contribution in [0.15, 0.2) is 36.4 Å². The second-order valence-electron chi connectivity index (χ2n) is 8.18. The average Bonchev–Trinajstić information content (AvgIpc) is 3.02. The summed E-state index contributed by atoms with van der Waals surface area (Å²) in [6.45, 7) is 0. The van der Waals surface area contributed by atoms with E-state index in [-0.39, 0.29) is 23.5 Å². The van der Waals surface area contributed by atoms with Gasteiger partial charge >= 0.3 is 6.03 Å². The molecule has 1 fully saturated rings. The molecule has 2 aromatic carbocycles. The highest BCUT2D eigenvalue weighted by Gasteiger charge is 2.46. The topological polar surface area (TPSA) is 70.6 Å². The van der Waals surface area contributed by atoms with Crippen molar-refractivity contribution in [3.63, 3.8) is 0 Å². The third-order valence-electron chi connectivity index (χ3n) is 6.24. The first kappa shape index (κ1) is 17.5. The maximum absolute atomic E-state index is 13.8. The summed E-state index contributed by atoms with van der Waals surface area (Å²) >= 11 is 0. The van der Waals surface area contributed by atoms with Gasteiger partial charge in [-0.05, 0) is 61.1 Å². The van der Waals surface area contributed by atoms with Crippen LogP contribution < -0.4 is 15.4 Å². The van der Waals surface area contributed by atoms with E-state index in [2.05, 4.69) is 10.6 Å². The van der Waals surface area contributed by atoms with Gasteiger partial charge in [0.1, 0.15) is 17.2 Å². The summed E-state index contributed by atoms with van der Waals surface area (Å²) < 4.78 is 20.0. The predicted molar refractivity (Wildman–Crippen MR) is 103 cm³/mol. The number of ether oxygens (including phenoxy) is 1. The van der Waals surface area contributed by atoms with Gasteiger partial charge in [0.15, 0.2) is 0 Å². The van der Waals surface area contributed by atoms with Crippen LogP contribution in [0.3, 0.4) is 0 Å². The molecule has 2 aromatic rings. The first-order valence-electron chi connectivity index (χ1n) is 9.86. The molecule has 146 valence electrons. The maximum atomic E-state index is 13.8. The number of aliphatic hydroxyl groups is 1. The Labute approximate surface area is 162 Å². The Morgan fingerprint density at radius 1 is 1.21 bits per heavy atom. The van der Waals surface area contributed by atoms with Crippen molar-refractivity contribution in [1.82, 2.24) is 5.32 Å². The lowest BCUT2D eigenvalue weighted by Crippen LogP contribution is -2.50. The molecule has 0 aromatic heterocycles. The Bertz CT molecular complexity index is 941. The van der Waals surface area contributed by atoms with Crippen LogP contribution in [-0.2, 0) is 12.8 Å². The lowest BCUT2D eigenvalue weighted by molar-refractivity contribution is -0.0355. The minimum Gasteiger partial charge on any atom is -0.487 e. The number of hydrogen-bond acceptors (Lipinski definition) is 3. The highest BCUT2D eigenvalue weighted by atomic mass is 19.1. The Kier molecular flexibility index (Phi) is 4.05. The quantitative estimate of drug-likeness (QED) is 0.739. The fourth-order valence-corrected chi connectivity index (χ4v) is 4.71. The molecule has 2 atom stereocenters. The SMILES string of the molecule is O=C(Nc1cccc2c1C[C@@H](O)C2)N[C@H]1CC2(CCC2)Oc2ccc(F)cc21. The number of carbonyl (C=O) groups is 1.